The van der Waals surface area contributed by atoms with Gasteiger partial charge in [0.15, 0.2) is 0 Å². The molecule has 0 radical (unpaired) electrons. The molecular formula is C29H32ClN3O2. The second-order valence-corrected chi connectivity index (χ2v) is 9.17. The highest BCUT2D eigenvalue weighted by molar-refractivity contribution is 6.15. The number of hydrogen-bond acceptors (Lipinski definition) is 3. The fourth-order valence-electron chi connectivity index (χ4n) is 5.13. The summed E-state index contributed by atoms with van der Waals surface area (Å²) in [7, 11) is 0. The normalized spacial score (nSPS) is 14.5. The van der Waals surface area contributed by atoms with Crippen LogP contribution in [0.25, 0.3) is 10.9 Å². The Morgan fingerprint density at radius 2 is 1.66 bits per heavy atom. The lowest BCUT2D eigenvalue weighted by atomic mass is 9.99. The highest BCUT2D eigenvalue weighted by Crippen LogP contribution is 2.31. The van der Waals surface area contributed by atoms with E-state index in [4.69, 9.17) is 0 Å². The zero-order valence-electron chi connectivity index (χ0n) is 20.0. The van der Waals surface area contributed by atoms with Gasteiger partial charge in [-0.1, -0.05) is 48.5 Å². The molecule has 2 heterocycles. The van der Waals surface area contributed by atoms with E-state index in [1.54, 1.807) is 12.1 Å². The number of anilines is 1. The van der Waals surface area contributed by atoms with Crippen LogP contribution in [0, 0.1) is 6.92 Å². The smallest absolute Gasteiger partial charge is 0.260 e. The van der Waals surface area contributed by atoms with Crippen molar-refractivity contribution in [2.45, 2.75) is 32.2 Å². The standard InChI is InChI=1S/C29H31N3O2.ClH/c1-21-28(26-20-25(33)12-13-27(26)30-21)29(34)32(23-10-6-3-7-11-23)24-15-18-31(19-16-24)17-14-22-8-4-2-5-9-22;/h2-13,20,24,30,33H,14-19H2,1H3;1H. The molecular weight excluding hydrogens is 458 g/mol. The van der Waals surface area contributed by atoms with Crippen molar-refractivity contribution in [2.75, 3.05) is 24.5 Å². The monoisotopic (exact) mass is 489 g/mol. The van der Waals surface area contributed by atoms with Crippen molar-refractivity contribution in [3.8, 4) is 5.75 Å². The lowest BCUT2D eigenvalue weighted by molar-refractivity contribution is 0.0961. The number of fused-ring (bicyclic) bond motifs is 1. The number of nitrogens with one attached hydrogen (secondary N) is 1. The molecule has 0 atom stereocenters. The van der Waals surface area contributed by atoms with Crippen molar-refractivity contribution < 1.29 is 9.90 Å². The number of nitrogens with zero attached hydrogens (tertiary/aromatic N) is 2. The molecule has 0 aliphatic carbocycles. The lowest BCUT2D eigenvalue weighted by Gasteiger charge is -2.38. The molecule has 1 aromatic heterocycles. The van der Waals surface area contributed by atoms with Gasteiger partial charge in [-0.25, -0.2) is 0 Å². The Bertz CT molecular complexity index is 1270. The largest absolute Gasteiger partial charge is 0.508 e. The number of para-hydroxylation sites is 1. The molecule has 5 nitrogen and oxygen atoms in total. The van der Waals surface area contributed by atoms with Gasteiger partial charge in [0.2, 0.25) is 0 Å². The molecule has 1 saturated heterocycles. The summed E-state index contributed by atoms with van der Waals surface area (Å²) >= 11 is 0. The van der Waals surface area contributed by atoms with Crippen LogP contribution in [-0.4, -0.2) is 46.6 Å². The van der Waals surface area contributed by atoms with Crippen LogP contribution in [0.4, 0.5) is 5.69 Å². The number of aromatic amines is 1. The van der Waals surface area contributed by atoms with Crippen molar-refractivity contribution in [3.63, 3.8) is 0 Å². The average Bonchev–Trinajstić information content (AvgIpc) is 3.19. The van der Waals surface area contributed by atoms with E-state index < -0.39 is 0 Å². The van der Waals surface area contributed by atoms with Crippen LogP contribution in [0.2, 0.25) is 0 Å². The number of piperidine rings is 1. The molecule has 5 rings (SSSR count). The summed E-state index contributed by atoms with van der Waals surface area (Å²) in [4.78, 5) is 21.9. The first-order valence-corrected chi connectivity index (χ1v) is 12.1. The third-order valence-electron chi connectivity index (χ3n) is 6.92. The summed E-state index contributed by atoms with van der Waals surface area (Å²) in [6, 6.07) is 25.9. The zero-order valence-corrected chi connectivity index (χ0v) is 20.8. The number of benzene rings is 3. The second-order valence-electron chi connectivity index (χ2n) is 9.17. The minimum atomic E-state index is -0.0108. The number of carbonyl (C=O) groups excluding carboxylic acids is 1. The lowest BCUT2D eigenvalue weighted by Crippen LogP contribution is -2.48. The number of phenolic OH excluding ortho intramolecular Hbond substituents is 1. The predicted octanol–water partition coefficient (Wildman–Crippen LogP) is 5.96. The Labute approximate surface area is 212 Å². The fourth-order valence-corrected chi connectivity index (χ4v) is 5.13. The summed E-state index contributed by atoms with van der Waals surface area (Å²) in [5.74, 6) is 0.154. The molecule has 35 heavy (non-hydrogen) atoms. The molecule has 0 unspecified atom stereocenters. The molecule has 1 fully saturated rings. The summed E-state index contributed by atoms with van der Waals surface area (Å²) in [5, 5.41) is 10.8. The van der Waals surface area contributed by atoms with Gasteiger partial charge in [0.05, 0.1) is 5.56 Å². The van der Waals surface area contributed by atoms with Crippen LogP contribution in [0.5, 0.6) is 5.75 Å². The minimum Gasteiger partial charge on any atom is -0.508 e. The Balaban J connectivity index is 0.00000289. The average molecular weight is 490 g/mol. The molecule has 1 amide bonds. The van der Waals surface area contributed by atoms with E-state index in [9.17, 15) is 9.90 Å². The Hall–Kier alpha value is -3.28. The van der Waals surface area contributed by atoms with E-state index in [0.717, 1.165) is 61.2 Å². The van der Waals surface area contributed by atoms with E-state index in [1.165, 1.54) is 5.56 Å². The van der Waals surface area contributed by atoms with Gasteiger partial charge >= 0.3 is 0 Å². The maximum atomic E-state index is 14.1. The SMILES string of the molecule is Cc1[nH]c2ccc(O)cc2c1C(=O)N(c1ccccc1)C1CCN(CCc2ccccc2)CC1.Cl. The number of aryl methyl sites for hydroxylation is 1. The quantitative estimate of drug-likeness (QED) is 0.351. The number of phenols is 1. The fraction of sp³-hybridized carbons (Fsp3) is 0.276. The van der Waals surface area contributed by atoms with Crippen LogP contribution >= 0.6 is 12.4 Å². The summed E-state index contributed by atoms with van der Waals surface area (Å²) in [6.07, 6.45) is 2.91. The van der Waals surface area contributed by atoms with Gasteiger partial charge in [-0.2, -0.15) is 0 Å². The summed E-state index contributed by atoms with van der Waals surface area (Å²) < 4.78 is 0. The maximum Gasteiger partial charge on any atom is 0.260 e. The van der Waals surface area contributed by atoms with Crippen molar-refractivity contribution in [1.82, 2.24) is 9.88 Å². The highest BCUT2D eigenvalue weighted by atomic mass is 35.5. The molecule has 3 aromatic carbocycles. The topological polar surface area (TPSA) is 59.6 Å². The van der Waals surface area contributed by atoms with E-state index in [-0.39, 0.29) is 30.1 Å². The van der Waals surface area contributed by atoms with Crippen molar-refractivity contribution in [1.29, 1.82) is 0 Å². The third-order valence-corrected chi connectivity index (χ3v) is 6.92. The predicted molar refractivity (Wildman–Crippen MR) is 145 cm³/mol. The number of likely N-dealkylation sites (tertiary alicyclic amines) is 1. The number of rotatable bonds is 6. The van der Waals surface area contributed by atoms with Gasteiger partial charge in [-0.3, -0.25) is 4.79 Å². The van der Waals surface area contributed by atoms with Crippen LogP contribution in [0.3, 0.4) is 0 Å². The number of aromatic hydroxyl groups is 1. The van der Waals surface area contributed by atoms with Crippen LogP contribution in [-0.2, 0) is 6.42 Å². The number of aromatic nitrogens is 1. The molecule has 2 N–H and O–H groups in total. The molecule has 6 heteroatoms. The number of carbonyl (C=O) groups is 1. The molecule has 0 saturated carbocycles. The van der Waals surface area contributed by atoms with E-state index in [2.05, 4.69) is 40.2 Å². The number of halogens is 1. The minimum absolute atomic E-state index is 0. The molecule has 1 aliphatic rings. The molecule has 0 spiro atoms. The van der Waals surface area contributed by atoms with Gasteiger partial charge in [-0.05, 0) is 62.1 Å². The first-order valence-electron chi connectivity index (χ1n) is 12.1. The summed E-state index contributed by atoms with van der Waals surface area (Å²) in [5.41, 5.74) is 4.61. The molecule has 182 valence electrons. The van der Waals surface area contributed by atoms with Crippen molar-refractivity contribution in [3.05, 3.63) is 95.7 Å². The number of amides is 1. The van der Waals surface area contributed by atoms with Gasteiger partial charge in [-0.15, -0.1) is 12.4 Å². The Morgan fingerprint density at radius 3 is 2.34 bits per heavy atom. The van der Waals surface area contributed by atoms with Crippen molar-refractivity contribution >= 4 is 34.9 Å². The van der Waals surface area contributed by atoms with Gasteiger partial charge in [0.1, 0.15) is 5.75 Å². The van der Waals surface area contributed by atoms with Crippen LogP contribution < -0.4 is 4.90 Å². The second kappa shape index (κ2) is 11.0. The molecule has 4 aromatic rings. The first kappa shape index (κ1) is 24.8. The number of H-pyrrole nitrogens is 1. The third kappa shape index (κ3) is 5.37. The first-order chi connectivity index (χ1) is 16.6. The van der Waals surface area contributed by atoms with E-state index >= 15 is 0 Å². The van der Waals surface area contributed by atoms with E-state index in [0.29, 0.717) is 5.56 Å². The Kier molecular flexibility index (Phi) is 7.79. The molecule has 0 bridgehead atoms. The summed E-state index contributed by atoms with van der Waals surface area (Å²) in [6.45, 7) is 4.92. The molecule has 1 aliphatic heterocycles. The maximum absolute atomic E-state index is 14.1. The van der Waals surface area contributed by atoms with Crippen molar-refractivity contribution in [2.24, 2.45) is 0 Å². The van der Waals surface area contributed by atoms with E-state index in [1.807, 2.05) is 48.2 Å². The van der Waals surface area contributed by atoms with Crippen LogP contribution in [0.15, 0.2) is 78.9 Å². The number of hydrogen-bond donors (Lipinski definition) is 2. The Morgan fingerprint density at radius 1 is 1.00 bits per heavy atom. The zero-order chi connectivity index (χ0) is 23.5. The van der Waals surface area contributed by atoms with Gasteiger partial charge < -0.3 is 19.9 Å². The van der Waals surface area contributed by atoms with Crippen LogP contribution in [0.1, 0.15) is 34.5 Å². The highest BCUT2D eigenvalue weighted by Gasteiger charge is 2.32. The van der Waals surface area contributed by atoms with Gasteiger partial charge in [0.25, 0.3) is 5.91 Å². The van der Waals surface area contributed by atoms with Gasteiger partial charge in [0, 0.05) is 48.0 Å².